The second-order valence-electron chi connectivity index (χ2n) is 4.28. The number of hydrogen-bond donors (Lipinski definition) is 1. The molecule has 1 rings (SSSR count). The van der Waals surface area contributed by atoms with Crippen molar-refractivity contribution in [3.63, 3.8) is 0 Å². The summed E-state index contributed by atoms with van der Waals surface area (Å²) >= 11 is 0. The van der Waals surface area contributed by atoms with E-state index in [0.29, 0.717) is 5.75 Å². The van der Waals surface area contributed by atoms with Crippen molar-refractivity contribution in [3.8, 4) is 5.75 Å². The van der Waals surface area contributed by atoms with Crippen LogP contribution in [0, 0.1) is 6.92 Å². The molecule has 0 unspecified atom stereocenters. The van der Waals surface area contributed by atoms with E-state index in [2.05, 4.69) is 0 Å². The van der Waals surface area contributed by atoms with Crippen LogP contribution in [0.5, 0.6) is 5.75 Å². The number of aryl methyl sites for hydroxylation is 1. The van der Waals surface area contributed by atoms with Crippen LogP contribution in [-0.2, 0) is 4.79 Å². The van der Waals surface area contributed by atoms with Gasteiger partial charge in [-0.2, -0.15) is 0 Å². The molecule has 94 valence electrons. The molecule has 1 amide bonds. The quantitative estimate of drug-likeness (QED) is 0.863. The number of aliphatic hydroxyl groups excluding tert-OH is 1. The van der Waals surface area contributed by atoms with E-state index in [0.717, 1.165) is 11.1 Å². The van der Waals surface area contributed by atoms with Gasteiger partial charge in [-0.1, -0.05) is 6.07 Å². The minimum Gasteiger partial charge on any atom is -0.484 e. The summed E-state index contributed by atoms with van der Waals surface area (Å²) < 4.78 is 5.42. The van der Waals surface area contributed by atoms with E-state index < -0.39 is 6.10 Å². The Hall–Kier alpha value is -1.55. The first-order valence-electron chi connectivity index (χ1n) is 5.53. The lowest BCUT2D eigenvalue weighted by Crippen LogP contribution is -2.27. The smallest absolute Gasteiger partial charge is 0.259 e. The maximum absolute atomic E-state index is 11.4. The van der Waals surface area contributed by atoms with Crippen LogP contribution in [0.4, 0.5) is 0 Å². The zero-order valence-corrected chi connectivity index (χ0v) is 10.7. The van der Waals surface area contributed by atoms with E-state index in [1.165, 1.54) is 4.90 Å². The Labute approximate surface area is 102 Å². The van der Waals surface area contributed by atoms with Gasteiger partial charge < -0.3 is 14.7 Å². The van der Waals surface area contributed by atoms with Crippen LogP contribution in [0.2, 0.25) is 0 Å². The first kappa shape index (κ1) is 13.5. The lowest BCUT2D eigenvalue weighted by Gasteiger charge is -2.14. The molecule has 4 heteroatoms. The van der Waals surface area contributed by atoms with Crippen LogP contribution in [0.3, 0.4) is 0 Å². The minimum atomic E-state index is -0.494. The van der Waals surface area contributed by atoms with Gasteiger partial charge in [-0.15, -0.1) is 0 Å². The molecule has 1 N–H and O–H groups in total. The molecule has 0 saturated carbocycles. The van der Waals surface area contributed by atoms with Crippen molar-refractivity contribution in [2.75, 3.05) is 20.7 Å². The summed E-state index contributed by atoms with van der Waals surface area (Å²) in [4.78, 5) is 12.8. The highest BCUT2D eigenvalue weighted by atomic mass is 16.5. The van der Waals surface area contributed by atoms with Crippen molar-refractivity contribution in [1.29, 1.82) is 0 Å². The van der Waals surface area contributed by atoms with E-state index in [9.17, 15) is 9.90 Å². The van der Waals surface area contributed by atoms with Gasteiger partial charge in [-0.05, 0) is 37.1 Å². The van der Waals surface area contributed by atoms with Crippen LogP contribution < -0.4 is 4.74 Å². The van der Waals surface area contributed by atoms with Crippen LogP contribution in [0.1, 0.15) is 24.2 Å². The highest BCUT2D eigenvalue weighted by molar-refractivity contribution is 5.77. The third kappa shape index (κ3) is 3.75. The van der Waals surface area contributed by atoms with Crippen molar-refractivity contribution in [3.05, 3.63) is 29.3 Å². The topological polar surface area (TPSA) is 49.8 Å². The van der Waals surface area contributed by atoms with Crippen molar-refractivity contribution in [1.82, 2.24) is 4.90 Å². The molecule has 0 aliphatic rings. The number of nitrogens with zero attached hydrogens (tertiary/aromatic N) is 1. The Morgan fingerprint density at radius 3 is 2.59 bits per heavy atom. The maximum atomic E-state index is 11.4. The minimum absolute atomic E-state index is 0.0296. The van der Waals surface area contributed by atoms with E-state index in [1.807, 2.05) is 13.0 Å². The Morgan fingerprint density at radius 2 is 2.12 bits per heavy atom. The fourth-order valence-electron chi connectivity index (χ4n) is 1.36. The Morgan fingerprint density at radius 1 is 1.47 bits per heavy atom. The third-order valence-corrected chi connectivity index (χ3v) is 2.53. The maximum Gasteiger partial charge on any atom is 0.259 e. The highest BCUT2D eigenvalue weighted by Gasteiger charge is 2.08. The Balaban J connectivity index is 2.70. The SMILES string of the molecule is Cc1cc([C@H](C)O)ccc1OCC(=O)N(C)C. The normalized spacial score (nSPS) is 12.1. The largest absolute Gasteiger partial charge is 0.484 e. The van der Waals surface area contributed by atoms with E-state index in [-0.39, 0.29) is 12.5 Å². The number of likely N-dealkylation sites (N-methyl/N-ethyl adjacent to an activating group) is 1. The predicted molar refractivity (Wildman–Crippen MR) is 66.0 cm³/mol. The molecule has 1 aromatic carbocycles. The molecule has 1 aromatic rings. The van der Waals surface area contributed by atoms with E-state index >= 15 is 0 Å². The van der Waals surface area contributed by atoms with Gasteiger partial charge in [-0.3, -0.25) is 4.79 Å². The lowest BCUT2D eigenvalue weighted by molar-refractivity contribution is -0.130. The van der Waals surface area contributed by atoms with Gasteiger partial charge in [0.25, 0.3) is 5.91 Å². The van der Waals surface area contributed by atoms with Gasteiger partial charge in [0.15, 0.2) is 6.61 Å². The number of carbonyl (C=O) groups is 1. The summed E-state index contributed by atoms with van der Waals surface area (Å²) in [5, 5.41) is 9.43. The first-order valence-corrected chi connectivity index (χ1v) is 5.53. The zero-order chi connectivity index (χ0) is 13.0. The molecule has 0 aliphatic carbocycles. The molecule has 0 saturated heterocycles. The van der Waals surface area contributed by atoms with Crippen LogP contribution >= 0.6 is 0 Å². The molecule has 1 atom stereocenters. The van der Waals surface area contributed by atoms with Crippen LogP contribution in [-0.4, -0.2) is 36.6 Å². The summed E-state index contributed by atoms with van der Waals surface area (Å²) in [6, 6.07) is 5.44. The molecule has 0 fully saturated rings. The van der Waals surface area contributed by atoms with Crippen LogP contribution in [0.25, 0.3) is 0 Å². The molecule has 0 aromatic heterocycles. The molecular weight excluding hydrogens is 218 g/mol. The standard InChI is InChI=1S/C13H19NO3/c1-9-7-11(10(2)15)5-6-12(9)17-8-13(16)14(3)4/h5-7,10,15H,8H2,1-4H3/t10-/m0/s1. The number of hydrogen-bond acceptors (Lipinski definition) is 3. The molecule has 0 spiro atoms. The monoisotopic (exact) mass is 237 g/mol. The van der Waals surface area contributed by atoms with Gasteiger partial charge in [0.2, 0.25) is 0 Å². The fourth-order valence-corrected chi connectivity index (χ4v) is 1.36. The van der Waals surface area contributed by atoms with Crippen molar-refractivity contribution >= 4 is 5.91 Å². The molecule has 0 heterocycles. The first-order chi connectivity index (χ1) is 7.91. The predicted octanol–water partition coefficient (Wildman–Crippen LogP) is 1.52. The molecule has 0 bridgehead atoms. The molecule has 4 nitrogen and oxygen atoms in total. The van der Waals surface area contributed by atoms with Gasteiger partial charge in [-0.25, -0.2) is 0 Å². The Kier molecular flexibility index (Phi) is 4.52. The second-order valence-corrected chi connectivity index (χ2v) is 4.28. The van der Waals surface area contributed by atoms with Gasteiger partial charge in [0, 0.05) is 14.1 Å². The average molecular weight is 237 g/mol. The summed E-state index contributed by atoms with van der Waals surface area (Å²) in [6.07, 6.45) is -0.494. The number of aliphatic hydroxyl groups is 1. The van der Waals surface area contributed by atoms with Gasteiger partial charge >= 0.3 is 0 Å². The van der Waals surface area contributed by atoms with E-state index in [4.69, 9.17) is 4.74 Å². The number of benzene rings is 1. The zero-order valence-electron chi connectivity index (χ0n) is 10.7. The third-order valence-electron chi connectivity index (χ3n) is 2.53. The molecule has 17 heavy (non-hydrogen) atoms. The van der Waals surface area contributed by atoms with Crippen LogP contribution in [0.15, 0.2) is 18.2 Å². The summed E-state index contributed by atoms with van der Waals surface area (Å²) in [7, 11) is 3.38. The second kappa shape index (κ2) is 5.68. The highest BCUT2D eigenvalue weighted by Crippen LogP contribution is 2.22. The Bertz CT molecular complexity index is 400. The molecule has 0 radical (unpaired) electrons. The number of rotatable bonds is 4. The van der Waals surface area contributed by atoms with Crippen molar-refractivity contribution < 1.29 is 14.6 Å². The summed E-state index contributed by atoms with van der Waals surface area (Å²) in [5.74, 6) is 0.591. The number of amides is 1. The summed E-state index contributed by atoms with van der Waals surface area (Å²) in [6.45, 7) is 3.63. The fraction of sp³-hybridized carbons (Fsp3) is 0.462. The molecule has 0 aliphatic heterocycles. The number of ether oxygens (including phenoxy) is 1. The average Bonchev–Trinajstić information content (AvgIpc) is 2.26. The van der Waals surface area contributed by atoms with Crippen molar-refractivity contribution in [2.24, 2.45) is 0 Å². The van der Waals surface area contributed by atoms with Crippen molar-refractivity contribution in [2.45, 2.75) is 20.0 Å². The lowest BCUT2D eigenvalue weighted by atomic mass is 10.1. The van der Waals surface area contributed by atoms with Gasteiger partial charge in [0.1, 0.15) is 5.75 Å². The van der Waals surface area contributed by atoms with E-state index in [1.54, 1.807) is 33.2 Å². The number of carbonyl (C=O) groups excluding carboxylic acids is 1. The van der Waals surface area contributed by atoms with Gasteiger partial charge in [0.05, 0.1) is 6.10 Å². The molecular formula is C13H19NO3. The summed E-state index contributed by atoms with van der Waals surface area (Å²) in [5.41, 5.74) is 1.75.